The number of carbonyl (C=O) groups excluding carboxylic acids is 3. The van der Waals surface area contributed by atoms with Gasteiger partial charge in [-0.05, 0) is 31.9 Å². The number of aromatic nitrogens is 1. The van der Waals surface area contributed by atoms with Crippen LogP contribution < -0.4 is 20.9 Å². The third-order valence-electron chi connectivity index (χ3n) is 7.39. The van der Waals surface area contributed by atoms with E-state index in [4.69, 9.17) is 19.7 Å². The summed E-state index contributed by atoms with van der Waals surface area (Å²) in [5, 5.41) is 6.46. The summed E-state index contributed by atoms with van der Waals surface area (Å²) in [6.45, 7) is 7.65. The Balaban J connectivity index is 1.60. The topological polar surface area (TPSA) is 153 Å². The lowest BCUT2D eigenvalue weighted by Gasteiger charge is -2.55. The first-order valence-electron chi connectivity index (χ1n) is 11.5. The van der Waals surface area contributed by atoms with Crippen LogP contribution >= 0.6 is 0 Å². The maximum absolute atomic E-state index is 16.2. The number of imide groups is 1. The minimum absolute atomic E-state index is 0.0627. The predicted octanol–water partition coefficient (Wildman–Crippen LogP) is 1.61. The monoisotopic (exact) mass is 498 g/mol. The molecule has 1 spiro atoms. The van der Waals surface area contributed by atoms with Crippen LogP contribution in [0.1, 0.15) is 19.4 Å². The number of amides is 4. The summed E-state index contributed by atoms with van der Waals surface area (Å²) in [5.41, 5.74) is 5.30. The first-order valence-corrected chi connectivity index (χ1v) is 11.5. The molecule has 5 atom stereocenters. The molecular weight excluding hydrogens is 475 g/mol. The molecule has 12 nitrogen and oxygen atoms in total. The number of halogens is 1. The molecule has 36 heavy (non-hydrogen) atoms. The Morgan fingerprint density at radius 1 is 1.33 bits per heavy atom. The Morgan fingerprint density at radius 2 is 2.11 bits per heavy atom. The highest BCUT2D eigenvalue weighted by molar-refractivity contribution is 6.20. The summed E-state index contributed by atoms with van der Waals surface area (Å²) < 4.78 is 32.7. The van der Waals surface area contributed by atoms with Gasteiger partial charge in [0.1, 0.15) is 17.9 Å². The van der Waals surface area contributed by atoms with Crippen molar-refractivity contribution in [2.75, 3.05) is 23.0 Å². The van der Waals surface area contributed by atoms with E-state index in [1.54, 1.807) is 17.9 Å². The second kappa shape index (κ2) is 7.50. The van der Waals surface area contributed by atoms with Gasteiger partial charge in [0, 0.05) is 6.54 Å². The van der Waals surface area contributed by atoms with Crippen molar-refractivity contribution in [2.24, 2.45) is 16.1 Å². The number of nitrogens with one attached hydrogen (secondary N) is 1. The Morgan fingerprint density at radius 3 is 2.83 bits per heavy atom. The molecule has 3 N–H and O–H groups in total. The minimum atomic E-state index is -1.49. The number of nitrogens with two attached hydrogens (primary N) is 1. The van der Waals surface area contributed by atoms with Gasteiger partial charge >= 0.3 is 12.1 Å². The lowest BCUT2D eigenvalue weighted by Crippen LogP contribution is -2.72. The van der Waals surface area contributed by atoms with E-state index in [-0.39, 0.29) is 54.0 Å². The number of rotatable bonds is 2. The number of morpholine rings is 1. The Hall–Kier alpha value is -4.00. The zero-order chi connectivity index (χ0) is 25.5. The molecule has 6 rings (SSSR count). The van der Waals surface area contributed by atoms with Crippen LogP contribution in [0.5, 0.6) is 0 Å². The number of carbonyl (C=O) groups is 3. The molecule has 0 saturated carbocycles. The molecular formula is C23H23FN6O6. The summed E-state index contributed by atoms with van der Waals surface area (Å²) in [6, 6.07) is -0.486. The van der Waals surface area contributed by atoms with E-state index in [2.05, 4.69) is 22.0 Å². The first kappa shape index (κ1) is 22.5. The molecule has 2 fully saturated rings. The van der Waals surface area contributed by atoms with E-state index < -0.39 is 47.5 Å². The summed E-state index contributed by atoms with van der Waals surface area (Å²) in [5.74, 6) is -1.41. The summed E-state index contributed by atoms with van der Waals surface area (Å²) >= 11 is 0. The van der Waals surface area contributed by atoms with Gasteiger partial charge < -0.3 is 24.6 Å². The highest BCUT2D eigenvalue weighted by Crippen LogP contribution is 2.50. The van der Waals surface area contributed by atoms with E-state index in [1.807, 2.05) is 6.92 Å². The number of urea groups is 1. The summed E-state index contributed by atoms with van der Waals surface area (Å²) in [4.78, 5) is 44.6. The number of hydrogen-bond acceptors (Lipinski definition) is 9. The van der Waals surface area contributed by atoms with Crippen molar-refractivity contribution < 1.29 is 32.8 Å². The van der Waals surface area contributed by atoms with Crippen LogP contribution in [-0.2, 0) is 20.7 Å². The molecule has 4 aliphatic heterocycles. The van der Waals surface area contributed by atoms with E-state index in [1.165, 1.54) is 11.0 Å². The normalized spacial score (nSPS) is 31.8. The smallest absolute Gasteiger partial charge is 0.416 e. The molecule has 1 aromatic carbocycles. The molecule has 2 aromatic rings. The Bertz CT molecular complexity index is 1390. The molecule has 4 aliphatic rings. The molecule has 0 radical (unpaired) electrons. The highest BCUT2D eigenvalue weighted by atomic mass is 19.1. The molecule has 188 valence electrons. The lowest BCUT2D eigenvalue weighted by molar-refractivity contribution is -0.132. The molecule has 1 aromatic heterocycles. The van der Waals surface area contributed by atoms with Crippen LogP contribution in [0.2, 0.25) is 0 Å². The largest absolute Gasteiger partial charge is 0.447 e. The fourth-order valence-electron chi connectivity index (χ4n) is 5.99. The zero-order valence-corrected chi connectivity index (χ0v) is 19.5. The molecule has 13 heteroatoms. The van der Waals surface area contributed by atoms with E-state index in [0.717, 1.165) is 0 Å². The third-order valence-corrected chi connectivity index (χ3v) is 7.39. The third kappa shape index (κ3) is 2.80. The van der Waals surface area contributed by atoms with Crippen LogP contribution in [0.25, 0.3) is 11.0 Å². The summed E-state index contributed by atoms with van der Waals surface area (Å²) in [7, 11) is 0. The van der Waals surface area contributed by atoms with Crippen LogP contribution in [0.15, 0.2) is 28.2 Å². The number of cyclic esters (lactones) is 1. The number of aliphatic imine (C=N–C) groups is 1. The number of benzene rings is 1. The Labute approximate surface area is 203 Å². The maximum atomic E-state index is 16.2. The van der Waals surface area contributed by atoms with Crippen LogP contribution in [0, 0.1) is 11.2 Å². The minimum Gasteiger partial charge on any atom is -0.447 e. The SMILES string of the molecule is C=CC1COC(=O)N1c1noc2c(F)c3c(cc12)CC1(C(=O)NC(=O)N=C1N)C1C(C)OC(C)CN31. The van der Waals surface area contributed by atoms with Gasteiger partial charge in [0.25, 0.3) is 0 Å². The van der Waals surface area contributed by atoms with Gasteiger partial charge in [0.05, 0.1) is 35.4 Å². The van der Waals surface area contributed by atoms with Gasteiger partial charge in [-0.3, -0.25) is 10.1 Å². The van der Waals surface area contributed by atoms with Crippen LogP contribution in [0.4, 0.5) is 25.5 Å². The number of anilines is 2. The van der Waals surface area contributed by atoms with E-state index in [0.29, 0.717) is 5.56 Å². The molecule has 4 amide bonds. The van der Waals surface area contributed by atoms with Crippen molar-refractivity contribution in [2.45, 2.75) is 44.6 Å². The van der Waals surface area contributed by atoms with Crippen LogP contribution in [-0.4, -0.2) is 66.5 Å². The van der Waals surface area contributed by atoms with Crippen molar-refractivity contribution in [1.82, 2.24) is 10.5 Å². The van der Waals surface area contributed by atoms with Crippen molar-refractivity contribution >= 4 is 46.3 Å². The predicted molar refractivity (Wildman–Crippen MR) is 124 cm³/mol. The average Bonchev–Trinajstić information content (AvgIpc) is 3.39. The number of ether oxygens (including phenoxy) is 2. The number of fused-ring (bicyclic) bond motifs is 5. The van der Waals surface area contributed by atoms with Gasteiger partial charge in [-0.15, -0.1) is 6.58 Å². The van der Waals surface area contributed by atoms with Crippen molar-refractivity contribution in [3.63, 3.8) is 0 Å². The molecule has 5 unspecified atom stereocenters. The standard InChI is InChI=1S/C23H23FN6O6/c1-4-12-8-34-22(33)30(12)18-13-5-11-6-23(19(25)26-21(32)27-20(23)31)17-10(3)35-9(2)7-29(17)15(11)14(24)16(13)36-28-18/h4-5,9-10,12,17H,1,6-8H2,2-3H3,(H3,25,26,27,31,32). The van der Waals surface area contributed by atoms with Gasteiger partial charge in [0.15, 0.2) is 11.6 Å². The second-order valence-electron chi connectivity index (χ2n) is 9.48. The van der Waals surface area contributed by atoms with Gasteiger partial charge in [-0.25, -0.2) is 18.9 Å². The number of amidine groups is 1. The van der Waals surface area contributed by atoms with E-state index >= 15 is 4.39 Å². The van der Waals surface area contributed by atoms with Crippen molar-refractivity contribution in [3.05, 3.63) is 30.1 Å². The average molecular weight is 498 g/mol. The fraction of sp³-hybridized carbons (Fsp3) is 0.435. The summed E-state index contributed by atoms with van der Waals surface area (Å²) in [6.07, 6.45) is -0.0486. The first-order chi connectivity index (χ1) is 17.2. The molecule has 0 bridgehead atoms. The molecule has 0 aliphatic carbocycles. The van der Waals surface area contributed by atoms with Gasteiger partial charge in [-0.2, -0.15) is 4.99 Å². The second-order valence-corrected chi connectivity index (χ2v) is 9.48. The Kier molecular flexibility index (Phi) is 4.68. The fourth-order valence-corrected chi connectivity index (χ4v) is 5.99. The van der Waals surface area contributed by atoms with Crippen molar-refractivity contribution in [3.8, 4) is 0 Å². The number of hydrogen-bond donors (Lipinski definition) is 2. The van der Waals surface area contributed by atoms with Gasteiger partial charge in [0.2, 0.25) is 11.5 Å². The maximum Gasteiger partial charge on any atom is 0.416 e. The molecule has 2 saturated heterocycles. The molecule has 5 heterocycles. The highest BCUT2D eigenvalue weighted by Gasteiger charge is 2.61. The quantitative estimate of drug-likeness (QED) is 0.588. The van der Waals surface area contributed by atoms with Crippen LogP contribution in [0.3, 0.4) is 0 Å². The van der Waals surface area contributed by atoms with E-state index in [9.17, 15) is 14.4 Å². The lowest BCUT2D eigenvalue weighted by atomic mass is 9.66. The number of nitrogens with zero attached hydrogens (tertiary/aromatic N) is 4. The van der Waals surface area contributed by atoms with Gasteiger partial charge in [-0.1, -0.05) is 11.2 Å². The van der Waals surface area contributed by atoms with Crippen molar-refractivity contribution in [1.29, 1.82) is 0 Å². The zero-order valence-electron chi connectivity index (χ0n) is 19.5.